The summed E-state index contributed by atoms with van der Waals surface area (Å²) in [4.78, 5) is 0. The van der Waals surface area contributed by atoms with E-state index in [1.807, 2.05) is 4.68 Å². The number of nitrogens with one attached hydrogen (secondary N) is 1. The number of aromatic nitrogens is 2. The molecule has 0 aromatic carbocycles. The Morgan fingerprint density at radius 1 is 1.26 bits per heavy atom. The molecule has 0 spiro atoms. The molecular formula is C16H31N3. The van der Waals surface area contributed by atoms with Gasteiger partial charge in [0.15, 0.2) is 0 Å². The fourth-order valence-corrected chi connectivity index (χ4v) is 2.16. The Morgan fingerprint density at radius 2 is 1.95 bits per heavy atom. The first-order valence-corrected chi connectivity index (χ1v) is 7.55. The molecule has 0 bridgehead atoms. The van der Waals surface area contributed by atoms with E-state index in [1.165, 1.54) is 12.1 Å². The number of hydrogen-bond acceptors (Lipinski definition) is 2. The Morgan fingerprint density at radius 3 is 2.47 bits per heavy atom. The van der Waals surface area contributed by atoms with Gasteiger partial charge in [0, 0.05) is 12.2 Å². The second kappa shape index (κ2) is 7.09. The molecule has 1 rings (SSSR count). The van der Waals surface area contributed by atoms with Gasteiger partial charge in [0.2, 0.25) is 0 Å². The largest absolute Gasteiger partial charge is 0.316 e. The van der Waals surface area contributed by atoms with E-state index in [0.29, 0.717) is 11.5 Å². The standard InChI is InChI=1S/C16H31N3/c1-13(2)12-17-9-8-16(5,6)11-15-7-10-19(18-15)14(3)4/h7,10,13-14,17H,8-9,11-12H2,1-6H3. The molecule has 0 aliphatic rings. The van der Waals surface area contributed by atoms with Gasteiger partial charge >= 0.3 is 0 Å². The monoisotopic (exact) mass is 265 g/mol. The fraction of sp³-hybridized carbons (Fsp3) is 0.812. The maximum absolute atomic E-state index is 4.65. The van der Waals surface area contributed by atoms with Crippen molar-refractivity contribution in [1.29, 1.82) is 0 Å². The molecule has 0 amide bonds. The smallest absolute Gasteiger partial charge is 0.0630 e. The Hall–Kier alpha value is -0.830. The average Bonchev–Trinajstić information content (AvgIpc) is 2.72. The molecule has 0 saturated carbocycles. The molecule has 1 aromatic rings. The fourth-order valence-electron chi connectivity index (χ4n) is 2.16. The lowest BCUT2D eigenvalue weighted by atomic mass is 9.84. The van der Waals surface area contributed by atoms with Crippen molar-refractivity contribution < 1.29 is 0 Å². The van der Waals surface area contributed by atoms with Gasteiger partial charge in [-0.15, -0.1) is 0 Å². The summed E-state index contributed by atoms with van der Waals surface area (Å²) in [6.45, 7) is 15.7. The molecule has 0 aliphatic heterocycles. The summed E-state index contributed by atoms with van der Waals surface area (Å²) in [5, 5.41) is 8.17. The van der Waals surface area contributed by atoms with Gasteiger partial charge in [0.25, 0.3) is 0 Å². The first-order chi connectivity index (χ1) is 8.80. The highest BCUT2D eigenvalue weighted by atomic mass is 15.3. The predicted molar refractivity (Wildman–Crippen MR) is 82.4 cm³/mol. The molecule has 110 valence electrons. The Bertz CT molecular complexity index is 364. The van der Waals surface area contributed by atoms with Crippen molar-refractivity contribution in [2.45, 2.75) is 60.4 Å². The van der Waals surface area contributed by atoms with E-state index in [1.54, 1.807) is 0 Å². The summed E-state index contributed by atoms with van der Waals surface area (Å²) in [5.74, 6) is 0.727. The van der Waals surface area contributed by atoms with Crippen LogP contribution in [0.4, 0.5) is 0 Å². The maximum atomic E-state index is 4.65. The van der Waals surface area contributed by atoms with Crippen LogP contribution in [-0.2, 0) is 6.42 Å². The number of nitrogens with zero attached hydrogens (tertiary/aromatic N) is 2. The minimum Gasteiger partial charge on any atom is -0.316 e. The second-order valence-electron chi connectivity index (χ2n) is 7.07. The molecule has 1 heterocycles. The molecule has 3 heteroatoms. The van der Waals surface area contributed by atoms with Crippen molar-refractivity contribution in [1.82, 2.24) is 15.1 Å². The minimum atomic E-state index is 0.306. The molecule has 0 unspecified atom stereocenters. The van der Waals surface area contributed by atoms with E-state index < -0.39 is 0 Å². The van der Waals surface area contributed by atoms with Crippen LogP contribution in [0.15, 0.2) is 12.3 Å². The molecule has 0 radical (unpaired) electrons. The molecule has 0 fully saturated rings. The van der Waals surface area contributed by atoms with Gasteiger partial charge in [-0.25, -0.2) is 0 Å². The van der Waals surface area contributed by atoms with E-state index in [2.05, 4.69) is 64.2 Å². The first-order valence-electron chi connectivity index (χ1n) is 7.55. The van der Waals surface area contributed by atoms with Gasteiger partial charge in [0.05, 0.1) is 5.69 Å². The molecule has 0 aliphatic carbocycles. The predicted octanol–water partition coefficient (Wildman–Crippen LogP) is 3.67. The van der Waals surface area contributed by atoms with Crippen molar-refractivity contribution in [2.24, 2.45) is 11.3 Å². The van der Waals surface area contributed by atoms with Crippen LogP contribution in [0.1, 0.15) is 59.7 Å². The van der Waals surface area contributed by atoms with Crippen molar-refractivity contribution >= 4 is 0 Å². The van der Waals surface area contributed by atoms with Crippen molar-refractivity contribution in [3.63, 3.8) is 0 Å². The quantitative estimate of drug-likeness (QED) is 0.727. The lowest BCUT2D eigenvalue weighted by Gasteiger charge is -2.24. The van der Waals surface area contributed by atoms with E-state index in [-0.39, 0.29) is 0 Å². The lowest BCUT2D eigenvalue weighted by Crippen LogP contribution is -2.26. The summed E-state index contributed by atoms with van der Waals surface area (Å²) < 4.78 is 2.04. The summed E-state index contributed by atoms with van der Waals surface area (Å²) in [6, 6.07) is 2.60. The Kier molecular flexibility index (Phi) is 6.05. The van der Waals surface area contributed by atoms with Crippen molar-refractivity contribution in [2.75, 3.05) is 13.1 Å². The summed E-state index contributed by atoms with van der Waals surface area (Å²) >= 11 is 0. The Balaban J connectivity index is 2.40. The van der Waals surface area contributed by atoms with Crippen LogP contribution in [-0.4, -0.2) is 22.9 Å². The SMILES string of the molecule is CC(C)CNCCC(C)(C)Cc1ccn(C(C)C)n1. The first kappa shape index (κ1) is 16.2. The third kappa shape index (κ3) is 6.24. The zero-order valence-electron chi connectivity index (χ0n) is 13.5. The van der Waals surface area contributed by atoms with Crippen LogP contribution in [0.2, 0.25) is 0 Å². The topological polar surface area (TPSA) is 29.9 Å². The Labute approximate surface area is 118 Å². The van der Waals surface area contributed by atoms with Gasteiger partial charge in [-0.3, -0.25) is 4.68 Å². The second-order valence-corrected chi connectivity index (χ2v) is 7.07. The molecule has 19 heavy (non-hydrogen) atoms. The van der Waals surface area contributed by atoms with E-state index in [4.69, 9.17) is 0 Å². The average molecular weight is 265 g/mol. The molecule has 1 aromatic heterocycles. The summed E-state index contributed by atoms with van der Waals surface area (Å²) in [5.41, 5.74) is 1.52. The van der Waals surface area contributed by atoms with Crippen LogP contribution in [0.25, 0.3) is 0 Å². The molecule has 0 saturated heterocycles. The maximum Gasteiger partial charge on any atom is 0.0630 e. The highest BCUT2D eigenvalue weighted by Gasteiger charge is 2.19. The minimum absolute atomic E-state index is 0.306. The third-order valence-corrected chi connectivity index (χ3v) is 3.38. The highest BCUT2D eigenvalue weighted by Crippen LogP contribution is 2.25. The number of rotatable bonds is 8. The van der Waals surface area contributed by atoms with E-state index in [0.717, 1.165) is 25.4 Å². The van der Waals surface area contributed by atoms with Crippen molar-refractivity contribution in [3.8, 4) is 0 Å². The lowest BCUT2D eigenvalue weighted by molar-refractivity contribution is 0.317. The van der Waals surface area contributed by atoms with Gasteiger partial charge in [-0.2, -0.15) is 5.10 Å². The number of hydrogen-bond donors (Lipinski definition) is 1. The zero-order valence-corrected chi connectivity index (χ0v) is 13.5. The molecular weight excluding hydrogens is 234 g/mol. The van der Waals surface area contributed by atoms with Gasteiger partial charge in [-0.05, 0) is 57.2 Å². The normalized spacial score (nSPS) is 12.6. The molecule has 3 nitrogen and oxygen atoms in total. The third-order valence-electron chi connectivity index (χ3n) is 3.38. The van der Waals surface area contributed by atoms with Gasteiger partial charge < -0.3 is 5.32 Å². The van der Waals surface area contributed by atoms with Crippen LogP contribution < -0.4 is 5.32 Å². The van der Waals surface area contributed by atoms with Crippen LogP contribution in [0.5, 0.6) is 0 Å². The van der Waals surface area contributed by atoms with Crippen LogP contribution >= 0.6 is 0 Å². The van der Waals surface area contributed by atoms with Gasteiger partial charge in [0.1, 0.15) is 0 Å². The summed E-state index contributed by atoms with van der Waals surface area (Å²) in [7, 11) is 0. The zero-order chi connectivity index (χ0) is 14.5. The van der Waals surface area contributed by atoms with E-state index >= 15 is 0 Å². The van der Waals surface area contributed by atoms with Crippen LogP contribution in [0, 0.1) is 11.3 Å². The van der Waals surface area contributed by atoms with Crippen molar-refractivity contribution in [3.05, 3.63) is 18.0 Å². The van der Waals surface area contributed by atoms with Gasteiger partial charge in [-0.1, -0.05) is 27.7 Å². The highest BCUT2D eigenvalue weighted by molar-refractivity contribution is 5.02. The molecule has 1 N–H and O–H groups in total. The molecule has 0 atom stereocenters. The van der Waals surface area contributed by atoms with Crippen LogP contribution in [0.3, 0.4) is 0 Å². The summed E-state index contributed by atoms with van der Waals surface area (Å²) in [6.07, 6.45) is 4.33. The van der Waals surface area contributed by atoms with E-state index in [9.17, 15) is 0 Å².